The third-order valence-corrected chi connectivity index (χ3v) is 3.61. The lowest BCUT2D eigenvalue weighted by Gasteiger charge is -2.12. The molecule has 1 rings (SSSR count). The summed E-state index contributed by atoms with van der Waals surface area (Å²) in [5.74, 6) is 0. The van der Waals surface area contributed by atoms with Crippen molar-refractivity contribution >= 4 is 34.7 Å². The minimum Gasteiger partial charge on any atom is -0.359 e. The van der Waals surface area contributed by atoms with Crippen LogP contribution < -0.4 is 21.3 Å². The summed E-state index contributed by atoms with van der Waals surface area (Å²) in [6.45, 7) is 14.3. The fourth-order valence-corrected chi connectivity index (χ4v) is 2.02. The number of hydrogen-bond acceptors (Lipinski definition) is 2. The van der Waals surface area contributed by atoms with E-state index in [4.69, 9.17) is 24.4 Å². The van der Waals surface area contributed by atoms with Crippen LogP contribution in [0.2, 0.25) is 0 Å². The summed E-state index contributed by atoms with van der Waals surface area (Å²) in [6, 6.07) is 8.32. The van der Waals surface area contributed by atoms with E-state index >= 15 is 0 Å². The van der Waals surface area contributed by atoms with Crippen molar-refractivity contribution in [2.24, 2.45) is 0 Å². The van der Waals surface area contributed by atoms with E-state index in [0.717, 1.165) is 11.1 Å². The van der Waals surface area contributed by atoms with Crippen molar-refractivity contribution in [2.45, 2.75) is 26.9 Å². The molecule has 0 saturated heterocycles. The Morgan fingerprint density at radius 2 is 1.08 bits per heavy atom. The molecule has 0 saturated carbocycles. The van der Waals surface area contributed by atoms with Gasteiger partial charge in [-0.15, -0.1) is 0 Å². The molecule has 4 nitrogen and oxygen atoms in total. The molecule has 0 aromatic heterocycles. The van der Waals surface area contributed by atoms with Crippen LogP contribution in [0.15, 0.2) is 48.6 Å². The molecule has 0 bridgehead atoms. The van der Waals surface area contributed by atoms with Gasteiger partial charge >= 0.3 is 0 Å². The first-order valence-corrected chi connectivity index (χ1v) is 8.58. The SMILES string of the molecule is C=C(C)CNC(=S)NCc1ccc(CNC(=S)NCC(=C)C)cc1. The lowest BCUT2D eigenvalue weighted by atomic mass is 10.1. The number of rotatable bonds is 8. The Labute approximate surface area is 155 Å². The maximum atomic E-state index is 5.21. The summed E-state index contributed by atoms with van der Waals surface area (Å²) in [6.07, 6.45) is 0. The van der Waals surface area contributed by atoms with Crippen molar-refractivity contribution in [3.63, 3.8) is 0 Å². The molecule has 4 N–H and O–H groups in total. The summed E-state index contributed by atoms with van der Waals surface area (Å²) < 4.78 is 0. The fraction of sp³-hybridized carbons (Fsp3) is 0.333. The van der Waals surface area contributed by atoms with Gasteiger partial charge in [-0.25, -0.2) is 0 Å². The lowest BCUT2D eigenvalue weighted by molar-refractivity contribution is 0.850. The molecule has 0 aliphatic heterocycles. The van der Waals surface area contributed by atoms with Crippen LogP contribution in [0.4, 0.5) is 0 Å². The highest BCUT2D eigenvalue weighted by molar-refractivity contribution is 7.80. The van der Waals surface area contributed by atoms with E-state index in [-0.39, 0.29) is 0 Å². The van der Waals surface area contributed by atoms with Gasteiger partial charge in [-0.1, -0.05) is 48.6 Å². The van der Waals surface area contributed by atoms with Crippen LogP contribution in [0.25, 0.3) is 0 Å². The second-order valence-corrected chi connectivity index (χ2v) is 6.62. The van der Waals surface area contributed by atoms with Gasteiger partial charge in [-0.2, -0.15) is 0 Å². The van der Waals surface area contributed by atoms with Gasteiger partial charge in [0, 0.05) is 26.2 Å². The highest BCUT2D eigenvalue weighted by Crippen LogP contribution is 2.04. The van der Waals surface area contributed by atoms with Gasteiger partial charge in [-0.05, 0) is 49.4 Å². The van der Waals surface area contributed by atoms with Gasteiger partial charge in [0.2, 0.25) is 0 Å². The topological polar surface area (TPSA) is 48.1 Å². The van der Waals surface area contributed by atoms with E-state index in [9.17, 15) is 0 Å². The van der Waals surface area contributed by atoms with E-state index in [1.54, 1.807) is 0 Å². The Morgan fingerprint density at radius 3 is 1.38 bits per heavy atom. The van der Waals surface area contributed by atoms with Gasteiger partial charge in [-0.3, -0.25) is 0 Å². The number of thiocarbonyl (C=S) groups is 2. The molecule has 1 aromatic rings. The van der Waals surface area contributed by atoms with Crippen molar-refractivity contribution in [2.75, 3.05) is 13.1 Å². The van der Waals surface area contributed by atoms with Gasteiger partial charge < -0.3 is 21.3 Å². The van der Waals surface area contributed by atoms with Gasteiger partial charge in [0.15, 0.2) is 10.2 Å². The Morgan fingerprint density at radius 1 is 0.750 bits per heavy atom. The molecule has 0 aliphatic rings. The predicted octanol–water partition coefficient (Wildman–Crippen LogP) is 2.77. The van der Waals surface area contributed by atoms with Crippen LogP contribution >= 0.6 is 24.4 Å². The van der Waals surface area contributed by atoms with Crippen LogP contribution in [-0.2, 0) is 13.1 Å². The van der Waals surface area contributed by atoms with E-state index in [2.05, 4.69) is 58.7 Å². The number of benzene rings is 1. The van der Waals surface area contributed by atoms with E-state index in [1.807, 2.05) is 13.8 Å². The van der Waals surface area contributed by atoms with Gasteiger partial charge in [0.1, 0.15) is 0 Å². The predicted molar refractivity (Wildman–Crippen MR) is 111 cm³/mol. The third kappa shape index (κ3) is 9.27. The zero-order valence-corrected chi connectivity index (χ0v) is 16.0. The highest BCUT2D eigenvalue weighted by atomic mass is 32.1. The first kappa shape index (κ1) is 20.1. The maximum Gasteiger partial charge on any atom is 0.166 e. The standard InChI is InChI=1S/C18H26N4S2/c1-13(2)9-19-17(23)21-11-15-5-7-16(8-6-15)12-22-18(24)20-10-14(3)4/h5-8H,1,3,9-12H2,2,4H3,(H2,19,21,23)(H2,20,22,24). The Hall–Kier alpha value is -1.92. The summed E-state index contributed by atoms with van der Waals surface area (Å²) in [5, 5.41) is 13.8. The van der Waals surface area contributed by atoms with E-state index < -0.39 is 0 Å². The highest BCUT2D eigenvalue weighted by Gasteiger charge is 1.99. The van der Waals surface area contributed by atoms with Crippen molar-refractivity contribution in [3.05, 3.63) is 59.7 Å². The molecule has 130 valence electrons. The molecule has 24 heavy (non-hydrogen) atoms. The summed E-state index contributed by atoms with van der Waals surface area (Å²) in [5.41, 5.74) is 4.43. The van der Waals surface area contributed by atoms with Crippen LogP contribution in [0.3, 0.4) is 0 Å². The first-order chi connectivity index (χ1) is 11.4. The molecule has 0 atom stereocenters. The summed E-state index contributed by atoms with van der Waals surface area (Å²) in [4.78, 5) is 0. The van der Waals surface area contributed by atoms with Crippen molar-refractivity contribution in [1.29, 1.82) is 0 Å². The van der Waals surface area contributed by atoms with E-state index in [0.29, 0.717) is 36.4 Å². The maximum absolute atomic E-state index is 5.21. The minimum absolute atomic E-state index is 0.637. The minimum atomic E-state index is 0.637. The molecular weight excluding hydrogens is 336 g/mol. The summed E-state index contributed by atoms with van der Waals surface area (Å²) >= 11 is 10.4. The Balaban J connectivity index is 2.32. The largest absolute Gasteiger partial charge is 0.359 e. The van der Waals surface area contributed by atoms with Crippen molar-refractivity contribution in [1.82, 2.24) is 21.3 Å². The van der Waals surface area contributed by atoms with Crippen LogP contribution in [-0.4, -0.2) is 23.3 Å². The molecule has 0 fully saturated rings. The fourth-order valence-electron chi connectivity index (χ4n) is 1.73. The smallest absolute Gasteiger partial charge is 0.166 e. The molecule has 0 amide bonds. The average molecular weight is 363 g/mol. The quantitative estimate of drug-likeness (QED) is 0.421. The van der Waals surface area contributed by atoms with E-state index in [1.165, 1.54) is 11.1 Å². The molecule has 0 aliphatic carbocycles. The number of hydrogen-bond donors (Lipinski definition) is 4. The molecule has 1 aromatic carbocycles. The zero-order valence-electron chi connectivity index (χ0n) is 14.4. The van der Waals surface area contributed by atoms with Crippen molar-refractivity contribution < 1.29 is 0 Å². The second kappa shape index (κ2) is 10.8. The van der Waals surface area contributed by atoms with Crippen LogP contribution in [0, 0.1) is 0 Å². The summed E-state index contributed by atoms with van der Waals surface area (Å²) in [7, 11) is 0. The molecule has 0 unspecified atom stereocenters. The zero-order chi connectivity index (χ0) is 17.9. The molecule has 0 heterocycles. The second-order valence-electron chi connectivity index (χ2n) is 5.80. The number of nitrogens with one attached hydrogen (secondary N) is 4. The molecular formula is C18H26N4S2. The molecule has 0 radical (unpaired) electrons. The van der Waals surface area contributed by atoms with Gasteiger partial charge in [0.05, 0.1) is 0 Å². The van der Waals surface area contributed by atoms with Crippen molar-refractivity contribution in [3.8, 4) is 0 Å². The average Bonchev–Trinajstić information content (AvgIpc) is 2.55. The Kier molecular flexibility index (Phi) is 9.04. The normalized spacial score (nSPS) is 9.75. The third-order valence-electron chi connectivity index (χ3n) is 3.03. The van der Waals surface area contributed by atoms with Crippen LogP contribution in [0.5, 0.6) is 0 Å². The first-order valence-electron chi connectivity index (χ1n) is 7.77. The monoisotopic (exact) mass is 362 g/mol. The molecule has 6 heteroatoms. The molecule has 0 spiro atoms. The Bertz CT molecular complexity index is 541. The van der Waals surface area contributed by atoms with Crippen LogP contribution in [0.1, 0.15) is 25.0 Å². The van der Waals surface area contributed by atoms with Gasteiger partial charge in [0.25, 0.3) is 0 Å². The lowest BCUT2D eigenvalue weighted by Crippen LogP contribution is -2.35.